The quantitative estimate of drug-likeness (QED) is 0.388. The Hall–Kier alpha value is -1.67. The van der Waals surface area contributed by atoms with Crippen molar-refractivity contribution in [3.05, 3.63) is 0 Å². The first-order chi connectivity index (χ1) is 11.3. The van der Waals surface area contributed by atoms with Gasteiger partial charge in [0.15, 0.2) is 6.54 Å². The number of aliphatic hydroxyl groups is 1. The van der Waals surface area contributed by atoms with E-state index in [1.165, 1.54) is 4.90 Å². The molecule has 0 rings (SSSR count). The molecule has 0 aliphatic heterocycles. The predicted octanol–water partition coefficient (Wildman–Crippen LogP) is -0.210. The number of hydrogen-bond donors (Lipinski definition) is 1. The van der Waals surface area contributed by atoms with Crippen LogP contribution >= 0.6 is 0 Å². The number of aliphatic hydroxyl groups excluding tert-OH is 1. The molecule has 0 aliphatic carbocycles. The predicted molar refractivity (Wildman–Crippen MR) is 88.0 cm³/mol. The molecule has 24 heavy (non-hydrogen) atoms. The fraction of sp³-hybridized carbons (Fsp3) is 0.812. The molecule has 0 atom stereocenters. The second kappa shape index (κ2) is 11.8. The molecule has 0 saturated carbocycles. The Morgan fingerprint density at radius 1 is 0.958 bits per heavy atom. The fourth-order valence-electron chi connectivity index (χ4n) is 1.92. The third-order valence-corrected chi connectivity index (χ3v) is 3.45. The van der Waals surface area contributed by atoms with Crippen molar-refractivity contribution in [2.75, 3.05) is 60.1 Å². The molecule has 0 saturated heterocycles. The van der Waals surface area contributed by atoms with E-state index in [0.29, 0.717) is 11.0 Å². The average Bonchev–Trinajstić information content (AvgIpc) is 2.52. The van der Waals surface area contributed by atoms with Crippen molar-refractivity contribution in [3.63, 3.8) is 0 Å². The fourth-order valence-corrected chi connectivity index (χ4v) is 1.92. The summed E-state index contributed by atoms with van der Waals surface area (Å²) in [4.78, 5) is 36.4. The maximum absolute atomic E-state index is 12.5. The van der Waals surface area contributed by atoms with E-state index in [4.69, 9.17) is 14.6 Å². The summed E-state index contributed by atoms with van der Waals surface area (Å²) in [5, 5.41) is 9.06. The van der Waals surface area contributed by atoms with Crippen LogP contribution in [0.25, 0.3) is 0 Å². The van der Waals surface area contributed by atoms with Crippen molar-refractivity contribution in [2.45, 2.75) is 26.7 Å². The van der Waals surface area contributed by atoms with Gasteiger partial charge in [-0.2, -0.15) is 0 Å². The zero-order valence-corrected chi connectivity index (χ0v) is 15.2. The van der Waals surface area contributed by atoms with Crippen molar-refractivity contribution in [1.29, 1.82) is 0 Å². The van der Waals surface area contributed by atoms with E-state index in [1.54, 1.807) is 13.8 Å². The molecule has 1 N–H and O–H groups in total. The average molecular weight is 347 g/mol. The number of ether oxygens (including phenoxy) is 2. The molecule has 8 nitrogen and oxygen atoms in total. The van der Waals surface area contributed by atoms with Gasteiger partial charge in [-0.25, -0.2) is 0 Å². The maximum Gasteiger partial charge on any atom is 0.305 e. The molecule has 0 heterocycles. The standard InChI is InChI=1S/C16H31N2O6/c1-5-15(21)23-11-7-17(8-12-24-16(22)6-2)14(20)13-18(3,4)9-10-19/h19H,5-13H2,1-4H3/q+1. The van der Waals surface area contributed by atoms with Crippen LogP contribution in [-0.2, 0) is 23.9 Å². The number of esters is 2. The summed E-state index contributed by atoms with van der Waals surface area (Å²) in [6.45, 7) is 4.73. The summed E-state index contributed by atoms with van der Waals surface area (Å²) in [7, 11) is 3.70. The van der Waals surface area contributed by atoms with Gasteiger partial charge < -0.3 is 24.0 Å². The second-order valence-corrected chi connectivity index (χ2v) is 6.07. The minimum atomic E-state index is -0.323. The molecular formula is C16H31N2O6+. The maximum atomic E-state index is 12.5. The molecule has 0 unspecified atom stereocenters. The van der Waals surface area contributed by atoms with E-state index in [9.17, 15) is 14.4 Å². The molecule has 8 heteroatoms. The van der Waals surface area contributed by atoms with E-state index in [-0.39, 0.29) is 70.1 Å². The molecule has 0 aromatic rings. The lowest BCUT2D eigenvalue weighted by atomic mass is 10.3. The highest BCUT2D eigenvalue weighted by atomic mass is 16.5. The van der Waals surface area contributed by atoms with Crippen molar-refractivity contribution in [3.8, 4) is 0 Å². The molecule has 0 aromatic heterocycles. The molecule has 0 radical (unpaired) electrons. The van der Waals surface area contributed by atoms with E-state index in [2.05, 4.69) is 0 Å². The second-order valence-electron chi connectivity index (χ2n) is 6.07. The molecule has 0 bridgehead atoms. The van der Waals surface area contributed by atoms with Crippen molar-refractivity contribution >= 4 is 17.8 Å². The lowest BCUT2D eigenvalue weighted by Gasteiger charge is -2.31. The highest BCUT2D eigenvalue weighted by molar-refractivity contribution is 5.77. The highest BCUT2D eigenvalue weighted by Crippen LogP contribution is 2.01. The highest BCUT2D eigenvalue weighted by Gasteiger charge is 2.24. The van der Waals surface area contributed by atoms with E-state index in [0.717, 1.165) is 0 Å². The number of rotatable bonds is 12. The van der Waals surface area contributed by atoms with Crippen LogP contribution in [0.2, 0.25) is 0 Å². The Bertz CT molecular complexity index is 389. The van der Waals surface area contributed by atoms with Crippen molar-refractivity contribution in [1.82, 2.24) is 4.90 Å². The van der Waals surface area contributed by atoms with Crippen LogP contribution in [0.3, 0.4) is 0 Å². The van der Waals surface area contributed by atoms with Gasteiger partial charge in [-0.15, -0.1) is 0 Å². The SMILES string of the molecule is CCC(=O)OCCN(CCOC(=O)CC)C(=O)C[N+](C)(C)CCO. The zero-order chi connectivity index (χ0) is 18.6. The summed E-state index contributed by atoms with van der Waals surface area (Å²) in [5.74, 6) is -0.791. The number of quaternary nitrogens is 1. The van der Waals surface area contributed by atoms with Crippen LogP contribution in [-0.4, -0.2) is 92.4 Å². The van der Waals surface area contributed by atoms with Gasteiger partial charge in [-0.1, -0.05) is 13.8 Å². The Morgan fingerprint density at radius 2 is 1.42 bits per heavy atom. The lowest BCUT2D eigenvalue weighted by molar-refractivity contribution is -0.883. The molecule has 0 aliphatic rings. The van der Waals surface area contributed by atoms with Crippen LogP contribution in [0.15, 0.2) is 0 Å². The van der Waals surface area contributed by atoms with E-state index in [1.807, 2.05) is 14.1 Å². The van der Waals surface area contributed by atoms with Crippen molar-refractivity contribution < 1.29 is 33.4 Å². The van der Waals surface area contributed by atoms with Crippen LogP contribution in [0.1, 0.15) is 26.7 Å². The normalized spacial score (nSPS) is 11.0. The van der Waals surface area contributed by atoms with E-state index < -0.39 is 0 Å². The summed E-state index contributed by atoms with van der Waals surface area (Å²) >= 11 is 0. The molecule has 0 spiro atoms. The molecule has 0 fully saturated rings. The lowest BCUT2D eigenvalue weighted by Crippen LogP contribution is -2.51. The number of likely N-dealkylation sites (N-methyl/N-ethyl adjacent to an activating group) is 1. The Morgan fingerprint density at radius 3 is 1.79 bits per heavy atom. The van der Waals surface area contributed by atoms with Gasteiger partial charge in [0.2, 0.25) is 0 Å². The van der Waals surface area contributed by atoms with Gasteiger partial charge in [0.25, 0.3) is 5.91 Å². The number of amides is 1. The first-order valence-corrected chi connectivity index (χ1v) is 8.27. The van der Waals surface area contributed by atoms with Gasteiger partial charge in [0.05, 0.1) is 33.8 Å². The molecular weight excluding hydrogens is 316 g/mol. The van der Waals surface area contributed by atoms with Gasteiger partial charge >= 0.3 is 11.9 Å². The van der Waals surface area contributed by atoms with Gasteiger partial charge in [-0.05, 0) is 0 Å². The summed E-state index contributed by atoms with van der Waals surface area (Å²) in [5.41, 5.74) is 0. The smallest absolute Gasteiger partial charge is 0.305 e. The van der Waals surface area contributed by atoms with Crippen LogP contribution in [0.4, 0.5) is 0 Å². The van der Waals surface area contributed by atoms with Crippen molar-refractivity contribution in [2.24, 2.45) is 0 Å². The zero-order valence-electron chi connectivity index (χ0n) is 15.2. The van der Waals surface area contributed by atoms with Crippen LogP contribution in [0.5, 0.6) is 0 Å². The van der Waals surface area contributed by atoms with Gasteiger partial charge in [0, 0.05) is 12.8 Å². The number of carbonyl (C=O) groups excluding carboxylic acids is 3. The molecule has 0 aromatic carbocycles. The minimum absolute atomic E-state index is 0.0114. The summed E-state index contributed by atoms with van der Waals surface area (Å²) in [6.07, 6.45) is 0.560. The summed E-state index contributed by atoms with van der Waals surface area (Å²) < 4.78 is 10.4. The number of nitrogens with zero attached hydrogens (tertiary/aromatic N) is 2. The van der Waals surface area contributed by atoms with Gasteiger partial charge in [0.1, 0.15) is 19.8 Å². The Labute approximate surface area is 143 Å². The number of hydrogen-bond acceptors (Lipinski definition) is 6. The third-order valence-electron chi connectivity index (χ3n) is 3.45. The first-order valence-electron chi connectivity index (χ1n) is 8.27. The monoisotopic (exact) mass is 347 g/mol. The largest absolute Gasteiger partial charge is 0.464 e. The first kappa shape index (κ1) is 22.3. The molecule has 140 valence electrons. The Balaban J connectivity index is 4.61. The van der Waals surface area contributed by atoms with Gasteiger partial charge in [-0.3, -0.25) is 14.4 Å². The topological polar surface area (TPSA) is 93.1 Å². The Kier molecular flexibility index (Phi) is 11.0. The number of carbonyl (C=O) groups is 3. The van der Waals surface area contributed by atoms with E-state index >= 15 is 0 Å². The molecule has 1 amide bonds. The van der Waals surface area contributed by atoms with Crippen LogP contribution < -0.4 is 0 Å². The minimum Gasteiger partial charge on any atom is -0.464 e. The summed E-state index contributed by atoms with van der Waals surface area (Å²) in [6, 6.07) is 0. The van der Waals surface area contributed by atoms with Crippen LogP contribution in [0, 0.1) is 0 Å². The third kappa shape index (κ3) is 10.2.